The molecule has 1 fully saturated rings. The molecule has 1 saturated carbocycles. The third-order valence-electron chi connectivity index (χ3n) is 2.62. The van der Waals surface area contributed by atoms with Crippen LogP contribution in [0.25, 0.3) is 0 Å². The molecule has 0 aliphatic heterocycles. The lowest BCUT2D eigenvalue weighted by atomic mass is 9.85. The minimum atomic E-state index is -0.364. The van der Waals surface area contributed by atoms with Crippen LogP contribution in [0, 0.1) is 17.8 Å². The summed E-state index contributed by atoms with van der Waals surface area (Å²) < 4.78 is 0. The molecule has 1 nitrogen and oxygen atoms in total. The molecule has 0 bridgehead atoms. The van der Waals surface area contributed by atoms with E-state index < -0.39 is 0 Å². The number of hydrogen-bond donors (Lipinski definition) is 1. The van der Waals surface area contributed by atoms with E-state index in [0.29, 0.717) is 5.92 Å². The van der Waals surface area contributed by atoms with Gasteiger partial charge in [0.2, 0.25) is 0 Å². The van der Waals surface area contributed by atoms with Crippen molar-refractivity contribution in [3.05, 3.63) is 0 Å². The van der Waals surface area contributed by atoms with Gasteiger partial charge in [-0.1, -0.05) is 25.2 Å². The van der Waals surface area contributed by atoms with E-state index in [2.05, 4.69) is 21.1 Å². The third kappa shape index (κ3) is 4.12. The Bertz CT molecular complexity index is 186. The second-order valence-electron chi connectivity index (χ2n) is 3.70. The first kappa shape index (κ1) is 11.0. The van der Waals surface area contributed by atoms with E-state index >= 15 is 0 Å². The molecule has 0 saturated heterocycles. The van der Waals surface area contributed by atoms with Gasteiger partial charge in [-0.15, -0.1) is 15.2 Å². The van der Waals surface area contributed by atoms with Crippen molar-refractivity contribution >= 4 is 9.24 Å². The Morgan fingerprint density at radius 3 is 2.62 bits per heavy atom. The van der Waals surface area contributed by atoms with Crippen molar-refractivity contribution < 1.29 is 5.11 Å². The highest BCUT2D eigenvalue weighted by atomic mass is 31.0. The zero-order valence-electron chi connectivity index (χ0n) is 8.13. The van der Waals surface area contributed by atoms with Crippen LogP contribution in [0.3, 0.4) is 0 Å². The minimum Gasteiger partial charge on any atom is -0.380 e. The van der Waals surface area contributed by atoms with Crippen LogP contribution in [0.15, 0.2) is 0 Å². The maximum atomic E-state index is 9.72. The first-order valence-electron chi connectivity index (χ1n) is 5.21. The van der Waals surface area contributed by atoms with Gasteiger partial charge in [0.15, 0.2) is 0 Å². The molecule has 2 atom stereocenters. The standard InChI is InChI=1S/C11H19OP/c12-11(8-4-5-9-13)10-6-2-1-3-7-10/h10-12H,1-3,5-7,9,13H2. The normalized spacial score (nSPS) is 20.5. The molecule has 1 rings (SSSR count). The minimum absolute atomic E-state index is 0.364. The lowest BCUT2D eigenvalue weighted by Gasteiger charge is -2.23. The van der Waals surface area contributed by atoms with E-state index in [4.69, 9.17) is 0 Å². The Kier molecular flexibility index (Phi) is 5.44. The van der Waals surface area contributed by atoms with E-state index in [1.54, 1.807) is 0 Å². The average Bonchev–Trinajstić information content (AvgIpc) is 2.19. The molecule has 2 unspecified atom stereocenters. The molecule has 0 heterocycles. The van der Waals surface area contributed by atoms with E-state index in [-0.39, 0.29) is 6.10 Å². The molecule has 0 aromatic carbocycles. The lowest BCUT2D eigenvalue weighted by Crippen LogP contribution is -2.21. The molecular formula is C11H19OP. The predicted molar refractivity (Wildman–Crippen MR) is 59.6 cm³/mol. The first-order valence-corrected chi connectivity index (χ1v) is 6.03. The summed E-state index contributed by atoms with van der Waals surface area (Å²) in [5.74, 6) is 6.41. The molecule has 1 aliphatic carbocycles. The molecule has 0 spiro atoms. The summed E-state index contributed by atoms with van der Waals surface area (Å²) in [4.78, 5) is 0. The van der Waals surface area contributed by atoms with Crippen LogP contribution in [0.2, 0.25) is 0 Å². The van der Waals surface area contributed by atoms with Crippen molar-refractivity contribution in [2.75, 3.05) is 6.16 Å². The molecule has 1 N–H and O–H groups in total. The van der Waals surface area contributed by atoms with Crippen molar-refractivity contribution in [1.82, 2.24) is 0 Å². The molecule has 2 heteroatoms. The summed E-state index contributed by atoms with van der Waals surface area (Å²) in [7, 11) is 2.65. The predicted octanol–water partition coefficient (Wildman–Crippen LogP) is 2.20. The van der Waals surface area contributed by atoms with Gasteiger partial charge in [-0.3, -0.25) is 0 Å². The monoisotopic (exact) mass is 198 g/mol. The smallest absolute Gasteiger partial charge is 0.117 e. The SMILES string of the molecule is OC(C#CCCP)C1CCCCC1. The summed E-state index contributed by atoms with van der Waals surface area (Å²) >= 11 is 0. The zero-order valence-corrected chi connectivity index (χ0v) is 9.28. The van der Waals surface area contributed by atoms with Crippen molar-refractivity contribution in [3.8, 4) is 11.8 Å². The Morgan fingerprint density at radius 1 is 1.31 bits per heavy atom. The molecule has 0 radical (unpaired) electrons. The molecule has 0 aromatic rings. The number of hydrogen-bond acceptors (Lipinski definition) is 1. The molecule has 0 amide bonds. The Morgan fingerprint density at radius 2 is 2.00 bits per heavy atom. The van der Waals surface area contributed by atoms with Gasteiger partial charge in [-0.2, -0.15) is 0 Å². The van der Waals surface area contributed by atoms with E-state index in [0.717, 1.165) is 25.4 Å². The van der Waals surface area contributed by atoms with Crippen molar-refractivity contribution in [2.24, 2.45) is 5.92 Å². The highest BCUT2D eigenvalue weighted by Crippen LogP contribution is 2.26. The fraction of sp³-hybridized carbons (Fsp3) is 0.818. The summed E-state index contributed by atoms with van der Waals surface area (Å²) in [5.41, 5.74) is 0. The molecular weight excluding hydrogens is 179 g/mol. The molecule has 74 valence electrons. The van der Waals surface area contributed by atoms with E-state index in [9.17, 15) is 5.11 Å². The number of rotatable bonds is 2. The second-order valence-corrected chi connectivity index (χ2v) is 4.28. The van der Waals surface area contributed by atoms with Crippen LogP contribution in [-0.4, -0.2) is 17.4 Å². The van der Waals surface area contributed by atoms with Gasteiger partial charge in [-0.05, 0) is 24.9 Å². The van der Waals surface area contributed by atoms with Crippen LogP contribution < -0.4 is 0 Å². The topological polar surface area (TPSA) is 20.2 Å². The fourth-order valence-electron chi connectivity index (χ4n) is 1.82. The van der Waals surface area contributed by atoms with Crippen LogP contribution in [-0.2, 0) is 0 Å². The lowest BCUT2D eigenvalue weighted by molar-refractivity contribution is 0.133. The fourth-order valence-corrected chi connectivity index (χ4v) is 1.96. The Labute approximate surface area is 83.5 Å². The molecule has 1 aliphatic rings. The highest BCUT2D eigenvalue weighted by molar-refractivity contribution is 7.16. The Balaban J connectivity index is 2.29. The summed E-state index contributed by atoms with van der Waals surface area (Å²) in [6, 6.07) is 0. The van der Waals surface area contributed by atoms with Gasteiger partial charge in [0.1, 0.15) is 6.10 Å². The van der Waals surface area contributed by atoms with Gasteiger partial charge in [0.05, 0.1) is 0 Å². The average molecular weight is 198 g/mol. The Hall–Kier alpha value is -0.0500. The van der Waals surface area contributed by atoms with E-state index in [1.165, 1.54) is 19.3 Å². The number of aliphatic hydroxyl groups excluding tert-OH is 1. The van der Waals surface area contributed by atoms with Crippen molar-refractivity contribution in [3.63, 3.8) is 0 Å². The maximum absolute atomic E-state index is 9.72. The van der Waals surface area contributed by atoms with Crippen LogP contribution in [0.4, 0.5) is 0 Å². The summed E-state index contributed by atoms with van der Waals surface area (Å²) in [5, 5.41) is 9.72. The van der Waals surface area contributed by atoms with Crippen LogP contribution >= 0.6 is 9.24 Å². The third-order valence-corrected chi connectivity index (χ3v) is 2.90. The van der Waals surface area contributed by atoms with Gasteiger partial charge in [-0.25, -0.2) is 0 Å². The van der Waals surface area contributed by atoms with Crippen molar-refractivity contribution in [1.29, 1.82) is 0 Å². The van der Waals surface area contributed by atoms with Crippen LogP contribution in [0.1, 0.15) is 38.5 Å². The maximum Gasteiger partial charge on any atom is 0.117 e. The van der Waals surface area contributed by atoms with Gasteiger partial charge in [0.25, 0.3) is 0 Å². The first-order chi connectivity index (χ1) is 6.34. The molecule has 13 heavy (non-hydrogen) atoms. The largest absolute Gasteiger partial charge is 0.380 e. The number of aliphatic hydroxyl groups is 1. The quantitative estimate of drug-likeness (QED) is 0.532. The highest BCUT2D eigenvalue weighted by Gasteiger charge is 2.19. The van der Waals surface area contributed by atoms with Gasteiger partial charge >= 0.3 is 0 Å². The van der Waals surface area contributed by atoms with Crippen LogP contribution in [0.5, 0.6) is 0 Å². The van der Waals surface area contributed by atoms with Gasteiger partial charge < -0.3 is 5.11 Å². The molecule has 0 aromatic heterocycles. The summed E-state index contributed by atoms with van der Waals surface area (Å²) in [6.45, 7) is 0. The van der Waals surface area contributed by atoms with Gasteiger partial charge in [0, 0.05) is 6.42 Å². The second kappa shape index (κ2) is 6.41. The van der Waals surface area contributed by atoms with E-state index in [1.807, 2.05) is 0 Å². The van der Waals surface area contributed by atoms with Crippen molar-refractivity contribution in [2.45, 2.75) is 44.6 Å². The summed E-state index contributed by atoms with van der Waals surface area (Å²) in [6.07, 6.45) is 7.73. The zero-order chi connectivity index (χ0) is 9.52.